The van der Waals surface area contributed by atoms with E-state index >= 15 is 0 Å². The molecule has 0 saturated carbocycles. The number of amides is 1. The Morgan fingerprint density at radius 1 is 1.43 bits per heavy atom. The van der Waals surface area contributed by atoms with Crippen LogP contribution >= 0.6 is 0 Å². The average molecular weight is 290 g/mol. The van der Waals surface area contributed by atoms with Crippen molar-refractivity contribution in [2.45, 2.75) is 13.5 Å². The molecule has 0 fully saturated rings. The molecule has 2 rings (SSSR count). The smallest absolute Gasteiger partial charge is 0.293 e. The van der Waals surface area contributed by atoms with Gasteiger partial charge in [0.15, 0.2) is 0 Å². The second-order valence-corrected chi connectivity index (χ2v) is 4.16. The van der Waals surface area contributed by atoms with Gasteiger partial charge in [0.05, 0.1) is 17.0 Å². The first-order valence-electron chi connectivity index (χ1n) is 6.32. The minimum absolute atomic E-state index is 0.133. The Hall–Kier alpha value is -2.90. The van der Waals surface area contributed by atoms with Gasteiger partial charge in [-0.15, -0.1) is 0 Å². The number of nitro groups is 1. The van der Waals surface area contributed by atoms with Gasteiger partial charge in [0.25, 0.3) is 11.6 Å². The molecule has 1 aromatic carbocycles. The lowest BCUT2D eigenvalue weighted by Gasteiger charge is -2.10. The average Bonchev–Trinajstić information content (AvgIpc) is 2.98. The number of anilines is 1. The van der Waals surface area contributed by atoms with E-state index in [1.54, 1.807) is 13.0 Å². The van der Waals surface area contributed by atoms with E-state index in [1.807, 2.05) is 0 Å². The van der Waals surface area contributed by atoms with Crippen LogP contribution in [0.2, 0.25) is 0 Å². The molecule has 0 unspecified atom stereocenters. The molecule has 0 atom stereocenters. The summed E-state index contributed by atoms with van der Waals surface area (Å²) in [5.41, 5.74) is 0.863. The summed E-state index contributed by atoms with van der Waals surface area (Å²) < 4.78 is 4.66. The molecule has 0 aliphatic heterocycles. The van der Waals surface area contributed by atoms with Crippen LogP contribution in [0.15, 0.2) is 35.1 Å². The van der Waals surface area contributed by atoms with Gasteiger partial charge in [-0.25, -0.2) is 0 Å². The van der Waals surface area contributed by atoms with Gasteiger partial charge >= 0.3 is 0 Å². The molecular formula is C13H14N4O4. The van der Waals surface area contributed by atoms with Crippen LogP contribution in [0.1, 0.15) is 23.0 Å². The highest BCUT2D eigenvalue weighted by Gasteiger charge is 2.21. The van der Waals surface area contributed by atoms with Crippen molar-refractivity contribution in [3.8, 4) is 0 Å². The lowest BCUT2D eigenvalue weighted by molar-refractivity contribution is -0.384. The fourth-order valence-corrected chi connectivity index (χ4v) is 1.84. The van der Waals surface area contributed by atoms with Crippen LogP contribution in [0.4, 0.5) is 11.4 Å². The van der Waals surface area contributed by atoms with E-state index in [-0.39, 0.29) is 23.5 Å². The molecule has 1 amide bonds. The zero-order valence-electron chi connectivity index (χ0n) is 11.3. The number of nitro benzene ring substituents is 1. The van der Waals surface area contributed by atoms with Crippen molar-refractivity contribution in [1.82, 2.24) is 10.5 Å². The van der Waals surface area contributed by atoms with Crippen molar-refractivity contribution in [3.63, 3.8) is 0 Å². The molecule has 110 valence electrons. The van der Waals surface area contributed by atoms with Crippen molar-refractivity contribution >= 4 is 17.3 Å². The number of carbonyl (C=O) groups is 1. The molecule has 0 saturated heterocycles. The van der Waals surface area contributed by atoms with Gasteiger partial charge in [-0.2, -0.15) is 0 Å². The van der Waals surface area contributed by atoms with E-state index < -0.39 is 10.8 Å². The summed E-state index contributed by atoms with van der Waals surface area (Å²) in [4.78, 5) is 22.7. The van der Waals surface area contributed by atoms with Gasteiger partial charge in [0.2, 0.25) is 0 Å². The SMILES string of the molecule is CCNc1c(C(=O)NCc2ccon2)cccc1[N+](=O)[O-]. The molecule has 2 aromatic rings. The first-order chi connectivity index (χ1) is 10.1. The van der Waals surface area contributed by atoms with Crippen molar-refractivity contribution in [1.29, 1.82) is 0 Å². The molecule has 1 aromatic heterocycles. The fraction of sp³-hybridized carbons (Fsp3) is 0.231. The number of hydrogen-bond donors (Lipinski definition) is 2. The topological polar surface area (TPSA) is 110 Å². The third-order valence-electron chi connectivity index (χ3n) is 2.76. The molecule has 0 aliphatic rings. The Labute approximate surface area is 120 Å². The lowest BCUT2D eigenvalue weighted by atomic mass is 10.1. The van der Waals surface area contributed by atoms with Crippen molar-refractivity contribution in [2.75, 3.05) is 11.9 Å². The Morgan fingerprint density at radius 2 is 2.24 bits per heavy atom. The normalized spacial score (nSPS) is 10.1. The van der Waals surface area contributed by atoms with Gasteiger partial charge in [-0.1, -0.05) is 11.2 Å². The summed E-state index contributed by atoms with van der Waals surface area (Å²) in [6.45, 7) is 2.45. The van der Waals surface area contributed by atoms with Crippen LogP contribution in [-0.2, 0) is 6.54 Å². The highest BCUT2D eigenvalue weighted by Crippen LogP contribution is 2.28. The van der Waals surface area contributed by atoms with Crippen LogP contribution in [0, 0.1) is 10.1 Å². The quantitative estimate of drug-likeness (QED) is 0.621. The number of benzene rings is 1. The van der Waals surface area contributed by atoms with E-state index in [1.165, 1.54) is 24.5 Å². The maximum absolute atomic E-state index is 12.2. The predicted molar refractivity (Wildman–Crippen MR) is 74.9 cm³/mol. The van der Waals surface area contributed by atoms with Gasteiger partial charge in [0, 0.05) is 18.7 Å². The number of para-hydroxylation sites is 1. The maximum Gasteiger partial charge on any atom is 0.293 e. The summed E-state index contributed by atoms with van der Waals surface area (Å²) in [5.74, 6) is -0.419. The fourth-order valence-electron chi connectivity index (χ4n) is 1.84. The molecular weight excluding hydrogens is 276 g/mol. The van der Waals surface area contributed by atoms with Crippen LogP contribution in [0.3, 0.4) is 0 Å². The van der Waals surface area contributed by atoms with Crippen molar-refractivity contribution in [2.24, 2.45) is 0 Å². The third-order valence-corrected chi connectivity index (χ3v) is 2.76. The summed E-state index contributed by atoms with van der Waals surface area (Å²) >= 11 is 0. The van der Waals surface area contributed by atoms with E-state index in [4.69, 9.17) is 0 Å². The van der Waals surface area contributed by atoms with Gasteiger partial charge in [-0.3, -0.25) is 14.9 Å². The van der Waals surface area contributed by atoms with Crippen LogP contribution in [0.5, 0.6) is 0 Å². The Kier molecular flexibility index (Phi) is 4.50. The molecule has 0 bridgehead atoms. The van der Waals surface area contributed by atoms with E-state index in [0.717, 1.165) is 0 Å². The third kappa shape index (κ3) is 3.35. The Balaban J connectivity index is 2.23. The summed E-state index contributed by atoms with van der Waals surface area (Å²) in [6, 6.07) is 5.98. The van der Waals surface area contributed by atoms with E-state index in [0.29, 0.717) is 12.2 Å². The summed E-state index contributed by atoms with van der Waals surface area (Å²) in [5, 5.41) is 20.2. The van der Waals surface area contributed by atoms with Gasteiger partial charge in [0.1, 0.15) is 17.6 Å². The second-order valence-electron chi connectivity index (χ2n) is 4.16. The lowest BCUT2D eigenvalue weighted by Crippen LogP contribution is -2.24. The van der Waals surface area contributed by atoms with Crippen LogP contribution in [-0.4, -0.2) is 22.5 Å². The number of aromatic nitrogens is 1. The van der Waals surface area contributed by atoms with Crippen LogP contribution < -0.4 is 10.6 Å². The molecule has 8 heteroatoms. The largest absolute Gasteiger partial charge is 0.379 e. The summed E-state index contributed by atoms with van der Waals surface area (Å²) in [6.07, 6.45) is 1.40. The first-order valence-corrected chi connectivity index (χ1v) is 6.32. The first kappa shape index (κ1) is 14.5. The zero-order chi connectivity index (χ0) is 15.2. The molecule has 1 heterocycles. The Bertz CT molecular complexity index is 640. The molecule has 0 aliphatic carbocycles. The van der Waals surface area contributed by atoms with Crippen molar-refractivity contribution in [3.05, 3.63) is 51.9 Å². The maximum atomic E-state index is 12.2. The van der Waals surface area contributed by atoms with Crippen LogP contribution in [0.25, 0.3) is 0 Å². The molecule has 2 N–H and O–H groups in total. The molecule has 8 nitrogen and oxygen atoms in total. The second kappa shape index (κ2) is 6.51. The standard InChI is InChI=1S/C13H14N4O4/c1-2-14-12-10(4-3-5-11(12)17(19)20)13(18)15-8-9-6-7-21-16-9/h3-7,14H,2,8H2,1H3,(H,15,18). The highest BCUT2D eigenvalue weighted by molar-refractivity contribution is 6.01. The minimum atomic E-state index is -0.521. The van der Waals surface area contributed by atoms with Gasteiger partial charge in [-0.05, 0) is 13.0 Å². The minimum Gasteiger partial charge on any atom is -0.379 e. The summed E-state index contributed by atoms with van der Waals surface area (Å²) in [7, 11) is 0. The van der Waals surface area contributed by atoms with Gasteiger partial charge < -0.3 is 15.2 Å². The number of rotatable bonds is 6. The predicted octanol–water partition coefficient (Wildman–Crippen LogP) is 1.94. The molecule has 21 heavy (non-hydrogen) atoms. The highest BCUT2D eigenvalue weighted by atomic mass is 16.6. The van der Waals surface area contributed by atoms with E-state index in [2.05, 4.69) is 20.3 Å². The molecule has 0 radical (unpaired) electrons. The Morgan fingerprint density at radius 3 is 2.86 bits per heavy atom. The number of carbonyl (C=O) groups excluding carboxylic acids is 1. The van der Waals surface area contributed by atoms with E-state index in [9.17, 15) is 14.9 Å². The number of nitrogens with one attached hydrogen (secondary N) is 2. The number of hydrogen-bond acceptors (Lipinski definition) is 6. The van der Waals surface area contributed by atoms with Crippen molar-refractivity contribution < 1.29 is 14.2 Å². The number of nitrogens with zero attached hydrogens (tertiary/aromatic N) is 2. The molecule has 0 spiro atoms. The monoisotopic (exact) mass is 290 g/mol. The zero-order valence-corrected chi connectivity index (χ0v) is 11.3.